The van der Waals surface area contributed by atoms with E-state index in [0.29, 0.717) is 18.7 Å². The van der Waals surface area contributed by atoms with Crippen molar-refractivity contribution in [2.75, 3.05) is 11.4 Å². The van der Waals surface area contributed by atoms with Crippen molar-refractivity contribution in [3.63, 3.8) is 0 Å². The lowest BCUT2D eigenvalue weighted by atomic mass is 10.3. The third kappa shape index (κ3) is 3.37. The molecule has 1 aliphatic rings. The van der Waals surface area contributed by atoms with Crippen LogP contribution in [0.15, 0.2) is 45.7 Å². The molecular formula is C17H20N2O4S. The summed E-state index contributed by atoms with van der Waals surface area (Å²) >= 11 is 0. The largest absolute Gasteiger partial charge is 0.465 e. The van der Waals surface area contributed by atoms with Crippen LogP contribution in [0.1, 0.15) is 37.3 Å². The molecule has 1 aromatic carbocycles. The number of amides is 1. The Labute approximate surface area is 141 Å². The van der Waals surface area contributed by atoms with E-state index in [2.05, 4.69) is 4.72 Å². The summed E-state index contributed by atoms with van der Waals surface area (Å²) in [4.78, 5) is 13.6. The second-order valence-electron chi connectivity index (χ2n) is 5.93. The Morgan fingerprint density at radius 1 is 1.17 bits per heavy atom. The Morgan fingerprint density at radius 2 is 1.88 bits per heavy atom. The summed E-state index contributed by atoms with van der Waals surface area (Å²) < 4.78 is 33.0. The zero-order chi connectivity index (χ0) is 17.3. The molecule has 1 saturated heterocycles. The van der Waals surface area contributed by atoms with E-state index in [9.17, 15) is 13.2 Å². The van der Waals surface area contributed by atoms with Crippen molar-refractivity contribution in [2.24, 2.45) is 0 Å². The Hall–Kier alpha value is -2.12. The first-order valence-corrected chi connectivity index (χ1v) is 9.34. The van der Waals surface area contributed by atoms with Crippen molar-refractivity contribution in [3.05, 3.63) is 47.9 Å². The van der Waals surface area contributed by atoms with Gasteiger partial charge < -0.3 is 9.32 Å². The smallest absolute Gasteiger partial charge is 0.241 e. The van der Waals surface area contributed by atoms with E-state index in [1.165, 1.54) is 12.1 Å². The number of carbonyl (C=O) groups excluding carboxylic acids is 1. The fourth-order valence-corrected chi connectivity index (χ4v) is 3.98. The second kappa shape index (κ2) is 6.41. The molecule has 0 radical (unpaired) electrons. The molecule has 1 atom stereocenters. The molecule has 2 heterocycles. The average Bonchev–Trinajstić information content (AvgIpc) is 3.15. The number of rotatable bonds is 5. The molecule has 7 heteroatoms. The van der Waals surface area contributed by atoms with Gasteiger partial charge in [0.2, 0.25) is 15.9 Å². The van der Waals surface area contributed by atoms with Crippen LogP contribution in [-0.2, 0) is 14.8 Å². The molecule has 128 valence electrons. The first-order valence-electron chi connectivity index (χ1n) is 7.86. The van der Waals surface area contributed by atoms with Gasteiger partial charge >= 0.3 is 0 Å². The van der Waals surface area contributed by atoms with Crippen molar-refractivity contribution >= 4 is 21.6 Å². The van der Waals surface area contributed by atoms with Crippen molar-refractivity contribution in [3.8, 4) is 0 Å². The molecule has 0 spiro atoms. The maximum atomic E-state index is 12.5. The first-order chi connectivity index (χ1) is 11.4. The van der Waals surface area contributed by atoms with Crippen molar-refractivity contribution in [1.29, 1.82) is 0 Å². The van der Waals surface area contributed by atoms with Crippen molar-refractivity contribution < 1.29 is 17.6 Å². The lowest BCUT2D eigenvalue weighted by molar-refractivity contribution is -0.117. The van der Waals surface area contributed by atoms with Gasteiger partial charge in [-0.05, 0) is 56.7 Å². The fourth-order valence-electron chi connectivity index (χ4n) is 2.77. The number of furan rings is 1. The predicted molar refractivity (Wildman–Crippen MR) is 90.2 cm³/mol. The van der Waals surface area contributed by atoms with Gasteiger partial charge in [0.25, 0.3) is 0 Å². The van der Waals surface area contributed by atoms with Crippen LogP contribution >= 0.6 is 0 Å². The summed E-state index contributed by atoms with van der Waals surface area (Å²) in [5.41, 5.74) is 0.728. The summed E-state index contributed by atoms with van der Waals surface area (Å²) in [6.45, 7) is 4.22. The van der Waals surface area contributed by atoms with Gasteiger partial charge in [-0.2, -0.15) is 0 Å². The minimum Gasteiger partial charge on any atom is -0.465 e. The number of anilines is 1. The van der Waals surface area contributed by atoms with Crippen LogP contribution in [0.2, 0.25) is 0 Å². The van der Waals surface area contributed by atoms with Crippen LogP contribution in [0.25, 0.3) is 0 Å². The monoisotopic (exact) mass is 348 g/mol. The summed E-state index contributed by atoms with van der Waals surface area (Å²) in [6.07, 6.45) is 1.38. The van der Waals surface area contributed by atoms with Gasteiger partial charge in [-0.15, -0.1) is 0 Å². The van der Waals surface area contributed by atoms with Crippen molar-refractivity contribution in [2.45, 2.75) is 37.6 Å². The summed E-state index contributed by atoms with van der Waals surface area (Å²) in [7, 11) is -3.67. The van der Waals surface area contributed by atoms with Crippen LogP contribution in [0.3, 0.4) is 0 Å². The quantitative estimate of drug-likeness (QED) is 0.901. The van der Waals surface area contributed by atoms with Gasteiger partial charge in [0.1, 0.15) is 11.5 Å². The van der Waals surface area contributed by atoms with Gasteiger partial charge in [-0.3, -0.25) is 4.79 Å². The molecule has 2 aromatic rings. The molecule has 0 unspecified atom stereocenters. The van der Waals surface area contributed by atoms with Crippen LogP contribution in [0, 0.1) is 6.92 Å². The number of nitrogens with one attached hydrogen (secondary N) is 1. The van der Waals surface area contributed by atoms with E-state index in [1.807, 2.05) is 6.92 Å². The van der Waals surface area contributed by atoms with Gasteiger partial charge in [0.15, 0.2) is 0 Å². The number of hydrogen-bond donors (Lipinski definition) is 1. The minimum atomic E-state index is -3.67. The lowest BCUT2D eigenvalue weighted by Gasteiger charge is -2.16. The van der Waals surface area contributed by atoms with E-state index in [-0.39, 0.29) is 10.8 Å². The van der Waals surface area contributed by atoms with E-state index in [1.54, 1.807) is 36.1 Å². The molecule has 3 rings (SSSR count). The van der Waals surface area contributed by atoms with Crippen LogP contribution in [0.5, 0.6) is 0 Å². The van der Waals surface area contributed by atoms with E-state index < -0.39 is 16.1 Å². The Kier molecular flexibility index (Phi) is 4.47. The van der Waals surface area contributed by atoms with E-state index in [4.69, 9.17) is 4.42 Å². The first kappa shape index (κ1) is 16.7. The normalized spacial score (nSPS) is 16.6. The molecular weight excluding hydrogens is 328 g/mol. The highest BCUT2D eigenvalue weighted by Crippen LogP contribution is 2.24. The molecule has 24 heavy (non-hydrogen) atoms. The molecule has 1 aliphatic heterocycles. The third-order valence-electron chi connectivity index (χ3n) is 4.05. The molecule has 1 N–H and O–H groups in total. The van der Waals surface area contributed by atoms with Gasteiger partial charge in [0.05, 0.1) is 10.9 Å². The summed E-state index contributed by atoms with van der Waals surface area (Å²) in [6, 6.07) is 9.45. The number of aryl methyl sites for hydroxylation is 1. The highest BCUT2D eigenvalue weighted by atomic mass is 32.2. The molecule has 1 fully saturated rings. The van der Waals surface area contributed by atoms with Crippen LogP contribution in [-0.4, -0.2) is 20.9 Å². The highest BCUT2D eigenvalue weighted by molar-refractivity contribution is 7.89. The van der Waals surface area contributed by atoms with E-state index >= 15 is 0 Å². The number of nitrogens with zero attached hydrogens (tertiary/aromatic N) is 1. The van der Waals surface area contributed by atoms with E-state index in [0.717, 1.165) is 17.9 Å². The van der Waals surface area contributed by atoms with Crippen LogP contribution < -0.4 is 9.62 Å². The number of hydrogen-bond acceptors (Lipinski definition) is 4. The SMILES string of the molecule is Cc1ccc([C@@H](C)NS(=O)(=O)c2ccc(N3CCCC3=O)cc2)o1. The maximum Gasteiger partial charge on any atom is 0.241 e. The second-order valence-corrected chi connectivity index (χ2v) is 7.65. The standard InChI is InChI=1S/C17H20N2O4S/c1-12-5-10-16(23-12)13(2)18-24(21,22)15-8-6-14(7-9-15)19-11-3-4-17(19)20/h5-10,13,18H,3-4,11H2,1-2H3/t13-/m1/s1. The number of sulfonamides is 1. The van der Waals surface area contributed by atoms with Crippen molar-refractivity contribution in [1.82, 2.24) is 4.72 Å². The highest BCUT2D eigenvalue weighted by Gasteiger charge is 2.23. The molecule has 6 nitrogen and oxygen atoms in total. The molecule has 0 bridgehead atoms. The predicted octanol–water partition coefficient (Wildman–Crippen LogP) is 2.75. The lowest BCUT2D eigenvalue weighted by Crippen LogP contribution is -2.27. The van der Waals surface area contributed by atoms with Gasteiger partial charge in [-0.25, -0.2) is 13.1 Å². The topological polar surface area (TPSA) is 79.6 Å². The number of benzene rings is 1. The Balaban J connectivity index is 1.76. The summed E-state index contributed by atoms with van der Waals surface area (Å²) in [5.74, 6) is 1.37. The van der Waals surface area contributed by atoms with Gasteiger partial charge in [0, 0.05) is 18.7 Å². The zero-order valence-electron chi connectivity index (χ0n) is 13.7. The third-order valence-corrected chi connectivity index (χ3v) is 5.61. The molecule has 0 aliphatic carbocycles. The minimum absolute atomic E-state index is 0.0746. The number of carbonyl (C=O) groups is 1. The maximum absolute atomic E-state index is 12.5. The Bertz CT molecular complexity index is 840. The molecule has 1 aromatic heterocycles. The Morgan fingerprint density at radius 3 is 2.42 bits per heavy atom. The summed E-state index contributed by atoms with van der Waals surface area (Å²) in [5, 5.41) is 0. The molecule has 0 saturated carbocycles. The average molecular weight is 348 g/mol. The zero-order valence-corrected chi connectivity index (χ0v) is 14.5. The molecule has 1 amide bonds. The van der Waals surface area contributed by atoms with Crippen LogP contribution in [0.4, 0.5) is 5.69 Å². The fraction of sp³-hybridized carbons (Fsp3) is 0.353. The van der Waals surface area contributed by atoms with Gasteiger partial charge in [-0.1, -0.05) is 0 Å².